The van der Waals surface area contributed by atoms with E-state index in [-0.39, 0.29) is 5.75 Å². The molecule has 0 aliphatic carbocycles. The van der Waals surface area contributed by atoms with E-state index in [1.54, 1.807) is 12.1 Å². The van der Waals surface area contributed by atoms with Gasteiger partial charge >= 0.3 is 6.61 Å². The molecule has 4 aromatic rings. The lowest BCUT2D eigenvalue weighted by Gasteiger charge is -2.11. The Hall–Kier alpha value is -3.27. The van der Waals surface area contributed by atoms with Gasteiger partial charge in [0.25, 0.3) is 0 Å². The van der Waals surface area contributed by atoms with Crippen LogP contribution < -0.4 is 4.74 Å². The number of hydrogen-bond donors (Lipinski definition) is 0. The summed E-state index contributed by atoms with van der Waals surface area (Å²) < 4.78 is 29.1. The number of nitrogens with zero attached hydrogens (tertiary/aromatic N) is 1. The highest BCUT2D eigenvalue weighted by Gasteiger charge is 2.10. The summed E-state index contributed by atoms with van der Waals surface area (Å²) >= 11 is 0. The van der Waals surface area contributed by atoms with Gasteiger partial charge in [-0.05, 0) is 47.5 Å². The Balaban J connectivity index is 1.83. The van der Waals surface area contributed by atoms with Crippen LogP contribution in [0, 0.1) is 0 Å². The molecule has 0 saturated carbocycles. The van der Waals surface area contributed by atoms with Crippen LogP contribution in [0.25, 0.3) is 33.3 Å². The Labute approximate surface area is 149 Å². The van der Waals surface area contributed by atoms with Gasteiger partial charge in [0.15, 0.2) is 0 Å². The van der Waals surface area contributed by atoms with Gasteiger partial charge < -0.3 is 4.74 Å². The van der Waals surface area contributed by atoms with Crippen molar-refractivity contribution in [2.75, 3.05) is 0 Å². The van der Waals surface area contributed by atoms with Crippen LogP contribution in [-0.4, -0.2) is 11.6 Å². The SMILES string of the molecule is FC(F)Oc1ccc(-c2cc(-c3ccccc3)c3ccccc3n2)cc1. The van der Waals surface area contributed by atoms with Gasteiger partial charge in [0.2, 0.25) is 0 Å². The first-order valence-corrected chi connectivity index (χ1v) is 8.21. The minimum absolute atomic E-state index is 0.132. The molecule has 0 atom stereocenters. The van der Waals surface area contributed by atoms with Crippen LogP contribution in [0.1, 0.15) is 0 Å². The normalized spacial score (nSPS) is 11.0. The highest BCUT2D eigenvalue weighted by Crippen LogP contribution is 2.32. The van der Waals surface area contributed by atoms with Gasteiger partial charge in [0, 0.05) is 10.9 Å². The lowest BCUT2D eigenvalue weighted by molar-refractivity contribution is -0.0498. The third kappa shape index (κ3) is 3.26. The van der Waals surface area contributed by atoms with E-state index in [0.29, 0.717) is 0 Å². The third-order valence-corrected chi connectivity index (χ3v) is 4.18. The molecule has 0 aliphatic rings. The van der Waals surface area contributed by atoms with Crippen molar-refractivity contribution in [3.05, 3.63) is 84.9 Å². The summed E-state index contributed by atoms with van der Waals surface area (Å²) in [6.07, 6.45) is 0. The maximum atomic E-state index is 12.3. The second-order valence-electron chi connectivity index (χ2n) is 5.84. The number of halogens is 2. The Bertz CT molecular complexity index is 1030. The third-order valence-electron chi connectivity index (χ3n) is 4.18. The average molecular weight is 347 g/mol. The monoisotopic (exact) mass is 347 g/mol. The van der Waals surface area contributed by atoms with E-state index in [0.717, 1.165) is 33.3 Å². The maximum absolute atomic E-state index is 12.3. The zero-order chi connectivity index (χ0) is 17.9. The zero-order valence-corrected chi connectivity index (χ0v) is 13.8. The molecule has 4 heteroatoms. The quantitative estimate of drug-likeness (QED) is 0.440. The number of benzene rings is 3. The fourth-order valence-corrected chi connectivity index (χ4v) is 2.99. The number of fused-ring (bicyclic) bond motifs is 1. The van der Waals surface area contributed by atoms with E-state index in [1.165, 1.54) is 12.1 Å². The van der Waals surface area contributed by atoms with E-state index in [1.807, 2.05) is 48.5 Å². The predicted octanol–water partition coefficient (Wildman–Crippen LogP) is 6.17. The van der Waals surface area contributed by atoms with Crippen molar-refractivity contribution in [1.29, 1.82) is 0 Å². The first-order valence-electron chi connectivity index (χ1n) is 8.21. The zero-order valence-electron chi connectivity index (χ0n) is 13.8. The van der Waals surface area contributed by atoms with Crippen molar-refractivity contribution < 1.29 is 13.5 Å². The Morgan fingerprint density at radius 2 is 1.42 bits per heavy atom. The number of alkyl halides is 2. The topological polar surface area (TPSA) is 22.1 Å². The summed E-state index contributed by atoms with van der Waals surface area (Å²) in [7, 11) is 0. The highest BCUT2D eigenvalue weighted by molar-refractivity contribution is 5.96. The van der Waals surface area contributed by atoms with Gasteiger partial charge in [0.05, 0.1) is 11.2 Å². The second kappa shape index (κ2) is 6.92. The molecule has 0 spiro atoms. The predicted molar refractivity (Wildman–Crippen MR) is 99.2 cm³/mol. The van der Waals surface area contributed by atoms with Crippen molar-refractivity contribution in [1.82, 2.24) is 4.98 Å². The molecule has 3 aromatic carbocycles. The molecule has 1 heterocycles. The van der Waals surface area contributed by atoms with Gasteiger partial charge in [0.1, 0.15) is 5.75 Å². The number of hydrogen-bond acceptors (Lipinski definition) is 2. The summed E-state index contributed by atoms with van der Waals surface area (Å²) in [6.45, 7) is -2.83. The van der Waals surface area contributed by atoms with Crippen molar-refractivity contribution in [3.8, 4) is 28.1 Å². The molecule has 26 heavy (non-hydrogen) atoms. The lowest BCUT2D eigenvalue weighted by Crippen LogP contribution is -2.01. The molecule has 0 unspecified atom stereocenters. The number of rotatable bonds is 4. The van der Waals surface area contributed by atoms with Crippen LogP contribution >= 0.6 is 0 Å². The van der Waals surface area contributed by atoms with Crippen LogP contribution in [0.5, 0.6) is 5.75 Å². The fraction of sp³-hybridized carbons (Fsp3) is 0.0455. The van der Waals surface area contributed by atoms with Gasteiger partial charge in [-0.25, -0.2) is 4.98 Å². The average Bonchev–Trinajstić information content (AvgIpc) is 2.68. The molecule has 0 aliphatic heterocycles. The number of para-hydroxylation sites is 1. The van der Waals surface area contributed by atoms with Crippen LogP contribution in [0.4, 0.5) is 8.78 Å². The van der Waals surface area contributed by atoms with E-state index in [2.05, 4.69) is 16.9 Å². The van der Waals surface area contributed by atoms with E-state index < -0.39 is 6.61 Å². The molecule has 0 saturated heterocycles. The maximum Gasteiger partial charge on any atom is 0.387 e. The minimum Gasteiger partial charge on any atom is -0.435 e. The molecular weight excluding hydrogens is 332 g/mol. The van der Waals surface area contributed by atoms with Crippen molar-refractivity contribution in [3.63, 3.8) is 0 Å². The Morgan fingerprint density at radius 3 is 2.15 bits per heavy atom. The molecule has 128 valence electrons. The van der Waals surface area contributed by atoms with E-state index in [4.69, 9.17) is 4.98 Å². The molecular formula is C22H15F2NO. The number of pyridine rings is 1. The van der Waals surface area contributed by atoms with Crippen molar-refractivity contribution in [2.45, 2.75) is 6.61 Å². The summed E-state index contributed by atoms with van der Waals surface area (Å²) in [6, 6.07) is 26.6. The highest BCUT2D eigenvalue weighted by atomic mass is 19.3. The second-order valence-corrected chi connectivity index (χ2v) is 5.84. The first-order chi connectivity index (χ1) is 12.7. The standard InChI is InChI=1S/C22H15F2NO/c23-22(24)26-17-12-10-16(11-13-17)21-14-19(15-6-2-1-3-7-15)18-8-4-5-9-20(18)25-21/h1-14,22H. The molecule has 0 fully saturated rings. The summed E-state index contributed by atoms with van der Waals surface area (Å²) in [5, 5.41) is 1.07. The van der Waals surface area contributed by atoms with Gasteiger partial charge in [-0.15, -0.1) is 0 Å². The smallest absolute Gasteiger partial charge is 0.387 e. The molecule has 0 radical (unpaired) electrons. The summed E-state index contributed by atoms with van der Waals surface area (Å²) in [5.74, 6) is 0.132. The van der Waals surface area contributed by atoms with Gasteiger partial charge in [-0.3, -0.25) is 0 Å². The van der Waals surface area contributed by atoms with Crippen molar-refractivity contribution in [2.24, 2.45) is 0 Å². The van der Waals surface area contributed by atoms with Crippen LogP contribution in [0.3, 0.4) is 0 Å². The first kappa shape index (κ1) is 16.2. The number of aromatic nitrogens is 1. The lowest BCUT2D eigenvalue weighted by atomic mass is 9.98. The van der Waals surface area contributed by atoms with Crippen molar-refractivity contribution >= 4 is 10.9 Å². The Kier molecular flexibility index (Phi) is 4.32. The molecule has 2 nitrogen and oxygen atoms in total. The summed E-state index contributed by atoms with van der Waals surface area (Å²) in [5.41, 5.74) is 4.70. The molecule has 0 bridgehead atoms. The minimum atomic E-state index is -2.83. The van der Waals surface area contributed by atoms with Crippen LogP contribution in [-0.2, 0) is 0 Å². The van der Waals surface area contributed by atoms with Crippen LogP contribution in [0.2, 0.25) is 0 Å². The molecule has 1 aromatic heterocycles. The fourth-order valence-electron chi connectivity index (χ4n) is 2.99. The van der Waals surface area contributed by atoms with Gasteiger partial charge in [-0.1, -0.05) is 48.5 Å². The Morgan fingerprint density at radius 1 is 0.731 bits per heavy atom. The largest absolute Gasteiger partial charge is 0.435 e. The van der Waals surface area contributed by atoms with E-state index in [9.17, 15) is 8.78 Å². The molecule has 0 amide bonds. The van der Waals surface area contributed by atoms with Gasteiger partial charge in [-0.2, -0.15) is 8.78 Å². The van der Waals surface area contributed by atoms with Crippen LogP contribution in [0.15, 0.2) is 84.9 Å². The molecule has 0 N–H and O–H groups in total. The molecule has 4 rings (SSSR count). The number of ether oxygens (including phenoxy) is 1. The summed E-state index contributed by atoms with van der Waals surface area (Å²) in [4.78, 5) is 4.73. The van der Waals surface area contributed by atoms with E-state index >= 15 is 0 Å².